The Morgan fingerprint density at radius 1 is 1.29 bits per heavy atom. The van der Waals surface area contributed by atoms with E-state index in [9.17, 15) is 9.18 Å². The molecule has 1 aromatic heterocycles. The maximum absolute atomic E-state index is 14.2. The van der Waals surface area contributed by atoms with E-state index in [2.05, 4.69) is 4.98 Å². The molecule has 0 aliphatic carbocycles. The minimum Gasteiger partial charge on any atom is -0.364 e. The van der Waals surface area contributed by atoms with Gasteiger partial charge in [-0.2, -0.15) is 0 Å². The van der Waals surface area contributed by atoms with Gasteiger partial charge in [0, 0.05) is 17.8 Å². The van der Waals surface area contributed by atoms with E-state index in [0.717, 1.165) is 11.4 Å². The average Bonchev–Trinajstić information content (AvgIpc) is 2.45. The summed E-state index contributed by atoms with van der Waals surface area (Å²) in [6.07, 6.45) is 0. The van der Waals surface area contributed by atoms with Gasteiger partial charge >= 0.3 is 0 Å². The molecule has 0 radical (unpaired) electrons. The quantitative estimate of drug-likeness (QED) is 0.785. The van der Waals surface area contributed by atoms with Gasteiger partial charge in [-0.1, -0.05) is 6.07 Å². The Labute approximate surface area is 124 Å². The summed E-state index contributed by atoms with van der Waals surface area (Å²) in [6, 6.07) is 10.4. The number of Topliss-reactive ketones (excluding diaryl/α,β-unsaturated/α-hetero) is 1. The van der Waals surface area contributed by atoms with Crippen molar-refractivity contribution in [2.45, 2.75) is 27.3 Å². The number of nitrogens with zero attached hydrogens (tertiary/aromatic N) is 2. The first-order valence-electron chi connectivity index (χ1n) is 6.99. The van der Waals surface area contributed by atoms with Crippen LogP contribution in [-0.4, -0.2) is 17.3 Å². The molecule has 0 spiro atoms. The van der Waals surface area contributed by atoms with E-state index in [0.29, 0.717) is 24.3 Å². The van der Waals surface area contributed by atoms with Crippen molar-refractivity contribution < 1.29 is 9.18 Å². The molecule has 110 valence electrons. The second kappa shape index (κ2) is 6.48. The second-order valence-corrected chi connectivity index (χ2v) is 5.01. The minimum atomic E-state index is -0.378. The number of carbonyl (C=O) groups is 1. The van der Waals surface area contributed by atoms with Crippen molar-refractivity contribution in [2.24, 2.45) is 0 Å². The van der Waals surface area contributed by atoms with Gasteiger partial charge in [-0.05, 0) is 51.1 Å². The maximum Gasteiger partial charge on any atom is 0.159 e. The van der Waals surface area contributed by atoms with Crippen LogP contribution in [-0.2, 0) is 6.54 Å². The van der Waals surface area contributed by atoms with Crippen LogP contribution < -0.4 is 4.90 Å². The average molecular weight is 286 g/mol. The fraction of sp³-hybridized carbons (Fsp3) is 0.294. The Morgan fingerprint density at radius 3 is 2.62 bits per heavy atom. The summed E-state index contributed by atoms with van der Waals surface area (Å²) in [5, 5.41) is 0. The predicted molar refractivity (Wildman–Crippen MR) is 82.1 cm³/mol. The molecule has 0 N–H and O–H groups in total. The number of halogens is 1. The number of carbonyl (C=O) groups excluding carboxylic acids is 1. The lowest BCUT2D eigenvalue weighted by molar-refractivity contribution is 0.101. The zero-order valence-electron chi connectivity index (χ0n) is 12.6. The third-order valence-electron chi connectivity index (χ3n) is 3.38. The largest absolute Gasteiger partial charge is 0.364 e. The van der Waals surface area contributed by atoms with Crippen molar-refractivity contribution in [3.8, 4) is 0 Å². The van der Waals surface area contributed by atoms with Crippen LogP contribution >= 0.6 is 0 Å². The highest BCUT2D eigenvalue weighted by molar-refractivity contribution is 5.94. The smallest absolute Gasteiger partial charge is 0.159 e. The summed E-state index contributed by atoms with van der Waals surface area (Å²) in [4.78, 5) is 17.6. The van der Waals surface area contributed by atoms with E-state index in [-0.39, 0.29) is 11.6 Å². The Hall–Kier alpha value is -2.23. The zero-order chi connectivity index (χ0) is 15.4. The number of hydrogen-bond donors (Lipinski definition) is 0. The number of benzene rings is 1. The molecule has 4 heteroatoms. The summed E-state index contributed by atoms with van der Waals surface area (Å²) in [5.74, 6) is -0.513. The monoisotopic (exact) mass is 286 g/mol. The molecule has 0 amide bonds. The fourth-order valence-corrected chi connectivity index (χ4v) is 2.23. The Morgan fingerprint density at radius 2 is 2.05 bits per heavy atom. The lowest BCUT2D eigenvalue weighted by Gasteiger charge is -2.23. The molecule has 2 rings (SSSR count). The molecule has 0 bridgehead atoms. The zero-order valence-corrected chi connectivity index (χ0v) is 12.6. The second-order valence-electron chi connectivity index (χ2n) is 5.01. The maximum atomic E-state index is 14.2. The number of ketones is 1. The van der Waals surface area contributed by atoms with E-state index < -0.39 is 0 Å². The molecular weight excluding hydrogens is 267 g/mol. The molecule has 1 aromatic carbocycles. The van der Waals surface area contributed by atoms with Gasteiger partial charge < -0.3 is 4.90 Å². The predicted octanol–water partition coefficient (Wildman–Crippen LogP) is 3.76. The molecule has 1 heterocycles. The van der Waals surface area contributed by atoms with Crippen LogP contribution in [0.25, 0.3) is 0 Å². The van der Waals surface area contributed by atoms with Gasteiger partial charge in [-0.3, -0.25) is 9.78 Å². The molecule has 0 aliphatic heterocycles. The molecular formula is C17H19FN2O. The van der Waals surface area contributed by atoms with Crippen LogP contribution in [0.4, 0.5) is 10.1 Å². The molecule has 0 unspecified atom stereocenters. The van der Waals surface area contributed by atoms with Gasteiger partial charge in [-0.15, -0.1) is 0 Å². The highest BCUT2D eigenvalue weighted by Crippen LogP contribution is 2.22. The van der Waals surface area contributed by atoms with Crippen LogP contribution in [0.15, 0.2) is 36.4 Å². The summed E-state index contributed by atoms with van der Waals surface area (Å²) >= 11 is 0. The van der Waals surface area contributed by atoms with Crippen LogP contribution in [0.3, 0.4) is 0 Å². The molecule has 0 fully saturated rings. The molecule has 0 saturated carbocycles. The highest BCUT2D eigenvalue weighted by Gasteiger charge is 2.13. The number of aryl methyl sites for hydroxylation is 1. The number of aromatic nitrogens is 1. The Kier molecular flexibility index (Phi) is 4.68. The summed E-state index contributed by atoms with van der Waals surface area (Å²) in [7, 11) is 0. The molecule has 0 aliphatic rings. The van der Waals surface area contributed by atoms with Crippen molar-refractivity contribution >= 4 is 11.5 Å². The van der Waals surface area contributed by atoms with Crippen molar-refractivity contribution in [3.05, 3.63) is 59.2 Å². The van der Waals surface area contributed by atoms with Gasteiger partial charge in [0.1, 0.15) is 5.82 Å². The lowest BCUT2D eigenvalue weighted by Crippen LogP contribution is -2.24. The van der Waals surface area contributed by atoms with E-state index >= 15 is 0 Å². The normalized spacial score (nSPS) is 10.5. The van der Waals surface area contributed by atoms with Crippen molar-refractivity contribution in [1.82, 2.24) is 4.98 Å². The molecule has 3 nitrogen and oxygen atoms in total. The van der Waals surface area contributed by atoms with Crippen molar-refractivity contribution in [3.63, 3.8) is 0 Å². The van der Waals surface area contributed by atoms with Crippen LogP contribution in [0, 0.1) is 12.7 Å². The summed E-state index contributed by atoms with van der Waals surface area (Å²) in [5.41, 5.74) is 2.72. The fourth-order valence-electron chi connectivity index (χ4n) is 2.23. The number of hydrogen-bond acceptors (Lipinski definition) is 3. The standard InChI is InChI=1S/C17H19FN2O/c1-4-20(11-15-7-5-6-12(2)19-15)17-9-8-14(13(3)21)10-16(17)18/h5-10H,4,11H2,1-3H3. The van der Waals surface area contributed by atoms with Crippen LogP contribution in [0.2, 0.25) is 0 Å². The van der Waals surface area contributed by atoms with Crippen molar-refractivity contribution in [1.29, 1.82) is 0 Å². The number of anilines is 1. The first-order valence-corrected chi connectivity index (χ1v) is 6.99. The van der Waals surface area contributed by atoms with E-state index in [4.69, 9.17) is 0 Å². The minimum absolute atomic E-state index is 0.135. The van der Waals surface area contributed by atoms with Crippen molar-refractivity contribution in [2.75, 3.05) is 11.4 Å². The number of rotatable bonds is 5. The van der Waals surface area contributed by atoms with Gasteiger partial charge in [0.05, 0.1) is 17.9 Å². The SMILES string of the molecule is CCN(Cc1cccc(C)n1)c1ccc(C(C)=O)cc1F. The van der Waals surface area contributed by atoms with E-state index in [1.54, 1.807) is 12.1 Å². The molecule has 21 heavy (non-hydrogen) atoms. The Balaban J connectivity index is 2.27. The first-order chi connectivity index (χ1) is 10.0. The molecule has 0 atom stereocenters. The molecule has 0 saturated heterocycles. The number of pyridine rings is 1. The Bertz CT molecular complexity index is 655. The highest BCUT2D eigenvalue weighted by atomic mass is 19.1. The van der Waals surface area contributed by atoms with Gasteiger partial charge in [0.15, 0.2) is 5.78 Å². The summed E-state index contributed by atoms with van der Waals surface area (Å²) < 4.78 is 14.2. The third kappa shape index (κ3) is 3.66. The summed E-state index contributed by atoms with van der Waals surface area (Å²) in [6.45, 7) is 6.53. The van der Waals surface area contributed by atoms with E-state index in [1.165, 1.54) is 13.0 Å². The molecule has 2 aromatic rings. The van der Waals surface area contributed by atoms with Gasteiger partial charge in [-0.25, -0.2) is 4.39 Å². The lowest BCUT2D eigenvalue weighted by atomic mass is 10.1. The van der Waals surface area contributed by atoms with Crippen LogP contribution in [0.1, 0.15) is 35.6 Å². The van der Waals surface area contributed by atoms with Gasteiger partial charge in [0.25, 0.3) is 0 Å². The first kappa shape index (κ1) is 15.2. The topological polar surface area (TPSA) is 33.2 Å². The van der Waals surface area contributed by atoms with Crippen LogP contribution in [0.5, 0.6) is 0 Å². The third-order valence-corrected chi connectivity index (χ3v) is 3.38. The van der Waals surface area contributed by atoms with E-state index in [1.807, 2.05) is 36.9 Å². The van der Waals surface area contributed by atoms with Gasteiger partial charge in [0.2, 0.25) is 0 Å².